The van der Waals surface area contributed by atoms with E-state index in [-0.39, 0.29) is 5.78 Å². The van der Waals surface area contributed by atoms with Crippen molar-refractivity contribution in [3.63, 3.8) is 0 Å². The molecule has 0 amide bonds. The smallest absolute Gasteiger partial charge is 0.197 e. The summed E-state index contributed by atoms with van der Waals surface area (Å²) in [7, 11) is 1.97. The molecule has 0 saturated heterocycles. The molecule has 2 aromatic rings. The van der Waals surface area contributed by atoms with Crippen molar-refractivity contribution in [2.45, 2.75) is 13.5 Å². The van der Waals surface area contributed by atoms with Crippen molar-refractivity contribution < 1.29 is 4.79 Å². The van der Waals surface area contributed by atoms with E-state index in [2.05, 4.69) is 12.1 Å². The summed E-state index contributed by atoms with van der Waals surface area (Å²) in [6, 6.07) is 12.1. The number of hydrogen-bond acceptors (Lipinski definition) is 3. The lowest BCUT2D eigenvalue weighted by Gasteiger charge is -2.13. The van der Waals surface area contributed by atoms with Gasteiger partial charge < -0.3 is 4.90 Å². The zero-order valence-electron chi connectivity index (χ0n) is 11.2. The SMILES string of the molecule is Cc1csc(C(=O)/C=C\N(C)Cc2ccccc2)c1. The second-order valence-electron chi connectivity index (χ2n) is 4.57. The van der Waals surface area contributed by atoms with Gasteiger partial charge in [0.1, 0.15) is 0 Å². The van der Waals surface area contributed by atoms with Crippen LogP contribution in [0.25, 0.3) is 0 Å². The standard InChI is InChI=1S/C16H17NOS/c1-13-10-16(19-12-13)15(18)8-9-17(2)11-14-6-4-3-5-7-14/h3-10,12H,11H2,1-2H3/b9-8-. The number of nitrogens with zero attached hydrogens (tertiary/aromatic N) is 1. The minimum absolute atomic E-state index is 0.0676. The van der Waals surface area contributed by atoms with Gasteiger partial charge >= 0.3 is 0 Å². The Bertz CT molecular complexity index is 571. The minimum atomic E-state index is 0.0676. The molecule has 2 nitrogen and oxygen atoms in total. The quantitative estimate of drug-likeness (QED) is 0.607. The molecule has 0 aliphatic heterocycles. The molecule has 2 rings (SSSR count). The molecule has 1 aromatic heterocycles. The molecule has 0 saturated carbocycles. The molecule has 1 aromatic carbocycles. The normalized spacial score (nSPS) is 10.8. The zero-order chi connectivity index (χ0) is 13.7. The van der Waals surface area contributed by atoms with Crippen molar-refractivity contribution in [3.05, 3.63) is 70.1 Å². The molecule has 0 aliphatic rings. The highest BCUT2D eigenvalue weighted by Gasteiger charge is 2.04. The van der Waals surface area contributed by atoms with Gasteiger partial charge in [0.05, 0.1) is 4.88 Å². The van der Waals surface area contributed by atoms with Gasteiger partial charge in [-0.05, 0) is 29.5 Å². The number of thiophene rings is 1. The van der Waals surface area contributed by atoms with Crippen LogP contribution in [0.1, 0.15) is 20.8 Å². The number of hydrogen-bond donors (Lipinski definition) is 0. The van der Waals surface area contributed by atoms with Crippen molar-refractivity contribution >= 4 is 17.1 Å². The third-order valence-corrected chi connectivity index (χ3v) is 3.79. The first-order valence-corrected chi connectivity index (χ1v) is 7.05. The minimum Gasteiger partial charge on any atom is -0.376 e. The first-order valence-electron chi connectivity index (χ1n) is 6.17. The van der Waals surface area contributed by atoms with Gasteiger partial charge in [-0.2, -0.15) is 0 Å². The molecule has 98 valence electrons. The number of carbonyl (C=O) groups is 1. The second kappa shape index (κ2) is 6.34. The molecule has 0 atom stereocenters. The van der Waals surface area contributed by atoms with Gasteiger partial charge in [0.2, 0.25) is 0 Å². The largest absolute Gasteiger partial charge is 0.376 e. The number of carbonyl (C=O) groups excluding carboxylic acids is 1. The number of rotatable bonds is 5. The summed E-state index contributed by atoms with van der Waals surface area (Å²) in [5.41, 5.74) is 2.37. The van der Waals surface area contributed by atoms with Crippen molar-refractivity contribution in [1.82, 2.24) is 4.90 Å². The van der Waals surface area contributed by atoms with Gasteiger partial charge in [-0.1, -0.05) is 30.3 Å². The van der Waals surface area contributed by atoms with E-state index in [1.165, 1.54) is 16.9 Å². The molecule has 0 spiro atoms. The monoisotopic (exact) mass is 271 g/mol. The van der Waals surface area contributed by atoms with Crippen LogP contribution in [-0.4, -0.2) is 17.7 Å². The van der Waals surface area contributed by atoms with Gasteiger partial charge in [-0.3, -0.25) is 4.79 Å². The lowest BCUT2D eigenvalue weighted by molar-refractivity contribution is 0.104. The molecule has 0 radical (unpaired) electrons. The molecule has 0 N–H and O–H groups in total. The summed E-state index contributed by atoms with van der Waals surface area (Å²) in [6.07, 6.45) is 3.47. The van der Waals surface area contributed by atoms with Crippen LogP contribution < -0.4 is 0 Å². The fraction of sp³-hybridized carbons (Fsp3) is 0.188. The van der Waals surface area contributed by atoms with Crippen LogP contribution in [-0.2, 0) is 6.54 Å². The van der Waals surface area contributed by atoms with E-state index in [4.69, 9.17) is 0 Å². The Morgan fingerprint density at radius 2 is 2.05 bits per heavy atom. The molecule has 0 bridgehead atoms. The molecule has 0 aliphatic carbocycles. The third-order valence-electron chi connectivity index (χ3n) is 2.73. The van der Waals surface area contributed by atoms with Crippen molar-refractivity contribution in [1.29, 1.82) is 0 Å². The Balaban J connectivity index is 1.93. The van der Waals surface area contributed by atoms with Gasteiger partial charge in [-0.25, -0.2) is 0 Å². The second-order valence-corrected chi connectivity index (χ2v) is 5.48. The van der Waals surface area contributed by atoms with Crippen molar-refractivity contribution in [3.8, 4) is 0 Å². The Labute approximate surface area is 118 Å². The summed E-state index contributed by atoms with van der Waals surface area (Å²) in [5.74, 6) is 0.0676. The van der Waals surface area contributed by atoms with Gasteiger partial charge in [0.15, 0.2) is 5.78 Å². The maximum absolute atomic E-state index is 11.9. The maximum Gasteiger partial charge on any atom is 0.197 e. The van der Waals surface area contributed by atoms with Crippen LogP contribution in [0.3, 0.4) is 0 Å². The van der Waals surface area contributed by atoms with Crippen LogP contribution in [0.5, 0.6) is 0 Å². The Kier molecular flexibility index (Phi) is 4.53. The Morgan fingerprint density at radius 1 is 1.32 bits per heavy atom. The number of allylic oxidation sites excluding steroid dienone is 1. The van der Waals surface area contributed by atoms with Crippen LogP contribution in [0.2, 0.25) is 0 Å². The molecule has 0 fully saturated rings. The number of benzene rings is 1. The third kappa shape index (κ3) is 4.07. The van der Waals surface area contributed by atoms with Crippen molar-refractivity contribution in [2.75, 3.05) is 7.05 Å². The van der Waals surface area contributed by atoms with Crippen LogP contribution in [0.4, 0.5) is 0 Å². The summed E-state index contributed by atoms with van der Waals surface area (Å²) in [6.45, 7) is 2.80. The van der Waals surface area contributed by atoms with Crippen LogP contribution in [0, 0.1) is 6.92 Å². The summed E-state index contributed by atoms with van der Waals surface area (Å²) in [5, 5.41) is 1.99. The van der Waals surface area contributed by atoms with E-state index in [9.17, 15) is 4.79 Å². The fourth-order valence-corrected chi connectivity index (χ4v) is 2.58. The van der Waals surface area contributed by atoms with E-state index < -0.39 is 0 Å². The van der Waals surface area contributed by atoms with Crippen LogP contribution >= 0.6 is 11.3 Å². The molecular formula is C16H17NOS. The zero-order valence-corrected chi connectivity index (χ0v) is 12.0. The predicted octanol–water partition coefficient (Wildman–Crippen LogP) is 3.88. The first-order chi connectivity index (χ1) is 9.15. The number of aryl methyl sites for hydroxylation is 1. The summed E-state index contributed by atoms with van der Waals surface area (Å²) >= 11 is 1.49. The molecule has 19 heavy (non-hydrogen) atoms. The molecule has 0 unspecified atom stereocenters. The lowest BCUT2D eigenvalue weighted by Crippen LogP contribution is -2.10. The highest BCUT2D eigenvalue weighted by Crippen LogP contribution is 2.14. The molecule has 1 heterocycles. The topological polar surface area (TPSA) is 20.3 Å². The molecular weight excluding hydrogens is 254 g/mol. The van der Waals surface area contributed by atoms with E-state index in [0.717, 1.165) is 17.0 Å². The van der Waals surface area contributed by atoms with Crippen molar-refractivity contribution in [2.24, 2.45) is 0 Å². The molecule has 3 heteroatoms. The van der Waals surface area contributed by atoms with E-state index in [1.54, 1.807) is 6.08 Å². The average molecular weight is 271 g/mol. The number of ketones is 1. The summed E-state index contributed by atoms with van der Waals surface area (Å²) in [4.78, 5) is 14.7. The predicted molar refractivity (Wildman–Crippen MR) is 80.4 cm³/mol. The fourth-order valence-electron chi connectivity index (χ4n) is 1.76. The van der Waals surface area contributed by atoms with Gasteiger partial charge in [-0.15, -0.1) is 11.3 Å². The van der Waals surface area contributed by atoms with Gasteiger partial charge in [0.25, 0.3) is 0 Å². The lowest BCUT2D eigenvalue weighted by atomic mass is 10.2. The van der Waals surface area contributed by atoms with E-state index in [0.29, 0.717) is 0 Å². The highest BCUT2D eigenvalue weighted by molar-refractivity contribution is 7.12. The maximum atomic E-state index is 11.9. The van der Waals surface area contributed by atoms with E-state index in [1.807, 2.05) is 54.7 Å². The highest BCUT2D eigenvalue weighted by atomic mass is 32.1. The Morgan fingerprint density at radius 3 is 2.68 bits per heavy atom. The van der Waals surface area contributed by atoms with Gasteiger partial charge in [0, 0.05) is 25.9 Å². The van der Waals surface area contributed by atoms with E-state index >= 15 is 0 Å². The Hall–Kier alpha value is -1.87. The first kappa shape index (κ1) is 13.6. The van der Waals surface area contributed by atoms with Crippen LogP contribution in [0.15, 0.2) is 54.1 Å². The summed E-state index contributed by atoms with van der Waals surface area (Å²) < 4.78 is 0. The average Bonchev–Trinajstić information content (AvgIpc) is 2.84.